The molecule has 0 amide bonds. The number of rotatable bonds is 1. The van der Waals surface area contributed by atoms with E-state index in [0.29, 0.717) is 0 Å². The maximum absolute atomic E-state index is 10.9. The first-order valence-corrected chi connectivity index (χ1v) is 4.78. The Hall–Kier alpha value is -1.52. The molecule has 0 fully saturated rings. The van der Waals surface area contributed by atoms with E-state index in [1.807, 2.05) is 0 Å². The van der Waals surface area contributed by atoms with Gasteiger partial charge in [-0.25, -0.2) is 9.78 Å². The van der Waals surface area contributed by atoms with Crippen LogP contribution in [0.1, 0.15) is 35.6 Å². The fourth-order valence-corrected chi connectivity index (χ4v) is 1.91. The van der Waals surface area contributed by atoms with Crippen LogP contribution in [0, 0.1) is 0 Å². The number of nitrogen functional groups attached to an aromatic ring is 1. The maximum atomic E-state index is 10.9. The minimum Gasteiger partial charge on any atom is -0.476 e. The number of carboxylic acids is 1. The Morgan fingerprint density at radius 2 is 2.21 bits per heavy atom. The van der Waals surface area contributed by atoms with Gasteiger partial charge in [0.2, 0.25) is 0 Å². The van der Waals surface area contributed by atoms with E-state index in [1.165, 1.54) is 0 Å². The van der Waals surface area contributed by atoms with Crippen molar-refractivity contribution in [3.8, 4) is 0 Å². The molecule has 0 aromatic carbocycles. The molecule has 0 saturated heterocycles. The molecule has 14 heavy (non-hydrogen) atoms. The number of anilines is 1. The molecule has 0 spiro atoms. The highest BCUT2D eigenvalue weighted by Crippen LogP contribution is 2.20. The van der Waals surface area contributed by atoms with Gasteiger partial charge < -0.3 is 15.4 Å². The fraction of sp³-hybridized carbons (Fsp3) is 0.556. The van der Waals surface area contributed by atoms with Crippen LogP contribution in [0.3, 0.4) is 0 Å². The van der Waals surface area contributed by atoms with Crippen LogP contribution in [-0.2, 0) is 13.0 Å². The molecule has 0 atom stereocenters. The van der Waals surface area contributed by atoms with Crippen molar-refractivity contribution < 1.29 is 9.90 Å². The summed E-state index contributed by atoms with van der Waals surface area (Å²) < 4.78 is 1.74. The molecule has 1 aromatic rings. The normalized spacial score (nSPS) is 16.0. The van der Waals surface area contributed by atoms with Crippen molar-refractivity contribution in [1.82, 2.24) is 9.55 Å². The molecule has 76 valence electrons. The highest BCUT2D eigenvalue weighted by molar-refractivity contribution is 5.91. The van der Waals surface area contributed by atoms with Gasteiger partial charge in [-0.2, -0.15) is 0 Å². The summed E-state index contributed by atoms with van der Waals surface area (Å²) in [6.07, 6.45) is 4.03. The number of aryl methyl sites for hydroxylation is 1. The molecule has 1 aliphatic heterocycles. The third-order valence-electron chi connectivity index (χ3n) is 2.56. The second-order valence-corrected chi connectivity index (χ2v) is 3.53. The zero-order chi connectivity index (χ0) is 10.1. The van der Waals surface area contributed by atoms with Crippen molar-refractivity contribution in [2.45, 2.75) is 32.2 Å². The molecule has 3 N–H and O–H groups in total. The third kappa shape index (κ3) is 1.34. The molecule has 1 aromatic heterocycles. The lowest BCUT2D eigenvalue weighted by Gasteiger charge is -2.04. The van der Waals surface area contributed by atoms with Gasteiger partial charge in [-0.15, -0.1) is 0 Å². The summed E-state index contributed by atoms with van der Waals surface area (Å²) in [7, 11) is 0. The zero-order valence-corrected chi connectivity index (χ0v) is 7.86. The van der Waals surface area contributed by atoms with Crippen LogP contribution in [0.2, 0.25) is 0 Å². The topological polar surface area (TPSA) is 81.1 Å². The molecule has 2 rings (SSSR count). The number of hydrogen-bond donors (Lipinski definition) is 2. The van der Waals surface area contributed by atoms with Gasteiger partial charge in [-0.05, 0) is 12.8 Å². The van der Waals surface area contributed by atoms with Crippen LogP contribution in [0.15, 0.2) is 0 Å². The monoisotopic (exact) mass is 195 g/mol. The summed E-state index contributed by atoms with van der Waals surface area (Å²) in [4.78, 5) is 15.0. The van der Waals surface area contributed by atoms with Gasteiger partial charge in [-0.1, -0.05) is 6.42 Å². The average Bonchev–Trinajstić information content (AvgIpc) is 2.31. The van der Waals surface area contributed by atoms with Gasteiger partial charge in [0, 0.05) is 13.0 Å². The van der Waals surface area contributed by atoms with E-state index in [-0.39, 0.29) is 11.5 Å². The van der Waals surface area contributed by atoms with Crippen molar-refractivity contribution in [3.63, 3.8) is 0 Å². The molecule has 0 bridgehead atoms. The summed E-state index contributed by atoms with van der Waals surface area (Å²) in [6, 6.07) is 0. The Balaban J connectivity index is 2.49. The van der Waals surface area contributed by atoms with Gasteiger partial charge in [0.1, 0.15) is 5.82 Å². The van der Waals surface area contributed by atoms with Crippen molar-refractivity contribution in [2.24, 2.45) is 0 Å². The summed E-state index contributed by atoms with van der Waals surface area (Å²) in [6.45, 7) is 0.723. The molecule has 0 unspecified atom stereocenters. The highest BCUT2D eigenvalue weighted by atomic mass is 16.4. The van der Waals surface area contributed by atoms with E-state index < -0.39 is 5.97 Å². The lowest BCUT2D eigenvalue weighted by atomic mass is 10.2. The zero-order valence-electron chi connectivity index (χ0n) is 7.86. The van der Waals surface area contributed by atoms with Crippen molar-refractivity contribution in [2.75, 3.05) is 5.73 Å². The first kappa shape index (κ1) is 9.05. The standard InChI is InChI=1S/C9H13N3O2/c10-8-7(9(13)14)12-5-3-1-2-4-6(12)11-8/h1-5,10H2,(H,13,14). The molecular weight excluding hydrogens is 182 g/mol. The summed E-state index contributed by atoms with van der Waals surface area (Å²) in [5.41, 5.74) is 5.71. The number of nitrogens with zero attached hydrogens (tertiary/aromatic N) is 2. The van der Waals surface area contributed by atoms with E-state index in [0.717, 1.165) is 38.1 Å². The highest BCUT2D eigenvalue weighted by Gasteiger charge is 2.21. The van der Waals surface area contributed by atoms with Crippen LogP contribution >= 0.6 is 0 Å². The molecule has 5 heteroatoms. The second kappa shape index (κ2) is 3.32. The van der Waals surface area contributed by atoms with Crippen LogP contribution in [0.4, 0.5) is 5.82 Å². The van der Waals surface area contributed by atoms with Crippen molar-refractivity contribution >= 4 is 11.8 Å². The Morgan fingerprint density at radius 1 is 1.43 bits per heavy atom. The first-order valence-electron chi connectivity index (χ1n) is 4.78. The predicted octanol–water partition coefficient (Wildman–Crippen LogP) is 0.890. The van der Waals surface area contributed by atoms with Crippen LogP contribution < -0.4 is 5.73 Å². The van der Waals surface area contributed by atoms with Gasteiger partial charge >= 0.3 is 5.97 Å². The van der Waals surface area contributed by atoms with Gasteiger partial charge in [0.25, 0.3) is 0 Å². The Labute approximate surface area is 81.5 Å². The van der Waals surface area contributed by atoms with E-state index in [9.17, 15) is 4.79 Å². The van der Waals surface area contributed by atoms with Crippen molar-refractivity contribution in [1.29, 1.82) is 0 Å². The Morgan fingerprint density at radius 3 is 2.93 bits per heavy atom. The van der Waals surface area contributed by atoms with E-state index in [4.69, 9.17) is 10.8 Å². The minimum absolute atomic E-state index is 0.148. The molecule has 0 saturated carbocycles. The average molecular weight is 195 g/mol. The van der Waals surface area contributed by atoms with E-state index in [1.54, 1.807) is 4.57 Å². The number of imidazole rings is 1. The third-order valence-corrected chi connectivity index (χ3v) is 2.56. The van der Waals surface area contributed by atoms with Crippen LogP contribution in [0.5, 0.6) is 0 Å². The number of carbonyl (C=O) groups is 1. The second-order valence-electron chi connectivity index (χ2n) is 3.53. The number of hydrogen-bond acceptors (Lipinski definition) is 3. The smallest absolute Gasteiger partial charge is 0.356 e. The molecular formula is C9H13N3O2. The van der Waals surface area contributed by atoms with Crippen molar-refractivity contribution in [3.05, 3.63) is 11.5 Å². The SMILES string of the molecule is Nc1nc2n(c1C(=O)O)CCCCC2. The molecule has 0 radical (unpaired) electrons. The van der Waals surface area contributed by atoms with Gasteiger partial charge in [0.15, 0.2) is 11.5 Å². The number of fused-ring (bicyclic) bond motifs is 1. The lowest BCUT2D eigenvalue weighted by molar-refractivity contribution is 0.0686. The largest absolute Gasteiger partial charge is 0.476 e. The fourth-order valence-electron chi connectivity index (χ4n) is 1.91. The number of carboxylic acid groups (broad SMARTS) is 1. The van der Waals surface area contributed by atoms with Gasteiger partial charge in [0.05, 0.1) is 0 Å². The first-order chi connectivity index (χ1) is 6.70. The van der Waals surface area contributed by atoms with Crippen LogP contribution in [0.25, 0.3) is 0 Å². The molecule has 2 heterocycles. The Kier molecular flexibility index (Phi) is 2.15. The minimum atomic E-state index is -0.983. The number of aromatic carboxylic acids is 1. The summed E-state index contributed by atoms with van der Waals surface area (Å²) >= 11 is 0. The lowest BCUT2D eigenvalue weighted by Crippen LogP contribution is -2.11. The predicted molar refractivity (Wildman–Crippen MR) is 51.2 cm³/mol. The molecule has 0 aliphatic carbocycles. The molecule has 1 aliphatic rings. The number of nitrogens with two attached hydrogens (primary N) is 1. The summed E-state index contributed by atoms with van der Waals surface area (Å²) in [5, 5.41) is 8.96. The molecule has 5 nitrogen and oxygen atoms in total. The summed E-state index contributed by atoms with van der Waals surface area (Å²) in [5.74, 6) is -0.0186. The quantitative estimate of drug-likeness (QED) is 0.697. The number of aromatic nitrogens is 2. The van der Waals surface area contributed by atoms with E-state index >= 15 is 0 Å². The van der Waals surface area contributed by atoms with Crippen LogP contribution in [-0.4, -0.2) is 20.6 Å². The van der Waals surface area contributed by atoms with Gasteiger partial charge in [-0.3, -0.25) is 0 Å². The maximum Gasteiger partial charge on any atom is 0.356 e. The van der Waals surface area contributed by atoms with E-state index in [2.05, 4.69) is 4.98 Å². The Bertz CT molecular complexity index is 370.